The first-order chi connectivity index (χ1) is 12.9. The summed E-state index contributed by atoms with van der Waals surface area (Å²) in [5.74, 6) is -0.852. The van der Waals surface area contributed by atoms with Crippen LogP contribution in [0.25, 0.3) is 10.2 Å². The van der Waals surface area contributed by atoms with Crippen molar-refractivity contribution >= 4 is 49.9 Å². The number of benzene rings is 1. The third-order valence-corrected chi connectivity index (χ3v) is 6.14. The molecule has 0 fully saturated rings. The number of nitrogens with zero attached hydrogens (tertiary/aromatic N) is 1. The fourth-order valence-corrected chi connectivity index (χ4v) is 4.94. The average Bonchev–Trinajstić information content (AvgIpc) is 3.17. The first kappa shape index (κ1) is 19.5. The Balaban J connectivity index is 1.60. The van der Waals surface area contributed by atoms with Crippen molar-refractivity contribution in [2.24, 2.45) is 0 Å². The zero-order valence-electron chi connectivity index (χ0n) is 15.8. The number of aryl methyl sites for hydroxylation is 4. The Morgan fingerprint density at radius 3 is 2.67 bits per heavy atom. The van der Waals surface area contributed by atoms with Gasteiger partial charge in [-0.15, -0.1) is 11.3 Å². The number of hydrogen-bond donors (Lipinski definition) is 1. The zero-order chi connectivity index (χ0) is 19.6. The summed E-state index contributed by atoms with van der Waals surface area (Å²) >= 11 is 2.82. The Morgan fingerprint density at radius 2 is 1.93 bits per heavy atom. The lowest BCUT2D eigenvalue weighted by atomic mass is 10.1. The minimum atomic E-state index is -0.462. The van der Waals surface area contributed by atoms with Crippen molar-refractivity contribution < 1.29 is 14.3 Å². The lowest BCUT2D eigenvalue weighted by Gasteiger charge is -2.03. The number of amides is 1. The number of aromatic nitrogens is 1. The van der Waals surface area contributed by atoms with E-state index < -0.39 is 5.97 Å². The molecule has 0 atom stereocenters. The van der Waals surface area contributed by atoms with E-state index in [2.05, 4.69) is 23.3 Å². The van der Waals surface area contributed by atoms with Gasteiger partial charge in [0.05, 0.1) is 10.2 Å². The van der Waals surface area contributed by atoms with Gasteiger partial charge in [-0.05, 0) is 56.0 Å². The van der Waals surface area contributed by atoms with E-state index in [1.165, 1.54) is 28.2 Å². The second-order valence-electron chi connectivity index (χ2n) is 6.51. The summed E-state index contributed by atoms with van der Waals surface area (Å²) in [5.41, 5.74) is 4.28. The van der Waals surface area contributed by atoms with Gasteiger partial charge in [0.1, 0.15) is 4.88 Å². The van der Waals surface area contributed by atoms with Crippen molar-refractivity contribution in [3.05, 3.63) is 44.6 Å². The van der Waals surface area contributed by atoms with E-state index in [4.69, 9.17) is 4.74 Å². The predicted octanol–water partition coefficient (Wildman–Crippen LogP) is 5.03. The topological polar surface area (TPSA) is 68.3 Å². The maximum Gasteiger partial charge on any atom is 0.348 e. The van der Waals surface area contributed by atoms with Gasteiger partial charge in [0, 0.05) is 4.88 Å². The summed E-state index contributed by atoms with van der Waals surface area (Å²) in [4.78, 5) is 30.4. The first-order valence-corrected chi connectivity index (χ1v) is 10.4. The SMILES string of the molecule is CCCc1cc(C(=O)OCC(=O)Nc2nc3c(C)cc(C)cc3s2)sc1C. The molecule has 0 spiro atoms. The highest BCUT2D eigenvalue weighted by molar-refractivity contribution is 7.22. The van der Waals surface area contributed by atoms with Crippen molar-refractivity contribution in [1.82, 2.24) is 4.98 Å². The van der Waals surface area contributed by atoms with Crippen LogP contribution in [0.5, 0.6) is 0 Å². The van der Waals surface area contributed by atoms with Crippen molar-refractivity contribution in [2.45, 2.75) is 40.5 Å². The normalized spacial score (nSPS) is 11.0. The third kappa shape index (κ3) is 4.54. The van der Waals surface area contributed by atoms with E-state index in [0.29, 0.717) is 10.0 Å². The molecule has 27 heavy (non-hydrogen) atoms. The van der Waals surface area contributed by atoms with Crippen LogP contribution in [0.4, 0.5) is 5.13 Å². The zero-order valence-corrected chi connectivity index (χ0v) is 17.5. The van der Waals surface area contributed by atoms with E-state index in [1.807, 2.05) is 32.9 Å². The molecule has 0 aliphatic rings. The Kier molecular flexibility index (Phi) is 5.92. The molecule has 0 saturated carbocycles. The Labute approximate surface area is 166 Å². The van der Waals surface area contributed by atoms with Gasteiger partial charge in [-0.1, -0.05) is 30.7 Å². The number of hydrogen-bond acceptors (Lipinski definition) is 6. The molecule has 2 heterocycles. The van der Waals surface area contributed by atoms with Gasteiger partial charge >= 0.3 is 5.97 Å². The standard InChI is InChI=1S/C20H22N2O3S2/c1-5-6-14-9-16(26-13(14)4)19(24)25-10-17(23)21-20-22-18-12(3)7-11(2)8-15(18)27-20/h7-9H,5-6,10H2,1-4H3,(H,21,22,23). The molecular weight excluding hydrogens is 380 g/mol. The van der Waals surface area contributed by atoms with Crippen LogP contribution in [0, 0.1) is 20.8 Å². The van der Waals surface area contributed by atoms with Gasteiger partial charge in [-0.3, -0.25) is 10.1 Å². The molecule has 0 bridgehead atoms. The monoisotopic (exact) mass is 402 g/mol. The number of ether oxygens (including phenoxy) is 1. The maximum atomic E-state index is 12.2. The number of nitrogens with one attached hydrogen (secondary N) is 1. The molecule has 1 N–H and O–H groups in total. The van der Waals surface area contributed by atoms with Crippen LogP contribution < -0.4 is 5.32 Å². The summed E-state index contributed by atoms with van der Waals surface area (Å²) in [5, 5.41) is 3.23. The molecule has 0 unspecified atom stereocenters. The number of fused-ring (bicyclic) bond motifs is 1. The van der Waals surface area contributed by atoms with E-state index >= 15 is 0 Å². The van der Waals surface area contributed by atoms with Crippen LogP contribution in [0.3, 0.4) is 0 Å². The number of carbonyl (C=O) groups is 2. The Morgan fingerprint density at radius 1 is 1.15 bits per heavy atom. The lowest BCUT2D eigenvalue weighted by Crippen LogP contribution is -2.20. The van der Waals surface area contributed by atoms with Crippen molar-refractivity contribution in [3.8, 4) is 0 Å². The number of carbonyl (C=O) groups excluding carboxylic acids is 2. The fourth-order valence-electron chi connectivity index (χ4n) is 2.92. The quantitative estimate of drug-likeness (QED) is 0.587. The molecule has 3 rings (SSSR count). The highest BCUT2D eigenvalue weighted by atomic mass is 32.1. The summed E-state index contributed by atoms with van der Waals surface area (Å²) in [6.07, 6.45) is 1.96. The number of thiophene rings is 1. The molecule has 2 aromatic heterocycles. The predicted molar refractivity (Wildman–Crippen MR) is 111 cm³/mol. The van der Waals surface area contributed by atoms with E-state index in [0.717, 1.165) is 39.1 Å². The molecule has 0 aliphatic heterocycles. The van der Waals surface area contributed by atoms with E-state index in [9.17, 15) is 9.59 Å². The largest absolute Gasteiger partial charge is 0.451 e. The summed E-state index contributed by atoms with van der Waals surface area (Å²) in [6, 6.07) is 5.97. The van der Waals surface area contributed by atoms with Crippen LogP contribution in [-0.4, -0.2) is 23.5 Å². The molecule has 5 nitrogen and oxygen atoms in total. The molecule has 0 radical (unpaired) electrons. The highest BCUT2D eigenvalue weighted by Gasteiger charge is 2.16. The molecule has 0 saturated heterocycles. The second kappa shape index (κ2) is 8.19. The maximum absolute atomic E-state index is 12.2. The van der Waals surface area contributed by atoms with E-state index in [-0.39, 0.29) is 12.5 Å². The molecule has 3 aromatic rings. The smallest absolute Gasteiger partial charge is 0.348 e. The van der Waals surface area contributed by atoms with Gasteiger partial charge in [0.25, 0.3) is 5.91 Å². The molecule has 0 aliphatic carbocycles. The third-order valence-electron chi connectivity index (χ3n) is 4.15. The number of esters is 1. The molecule has 7 heteroatoms. The number of rotatable bonds is 6. The van der Waals surface area contributed by atoms with Crippen LogP contribution in [-0.2, 0) is 16.0 Å². The van der Waals surface area contributed by atoms with Crippen molar-refractivity contribution in [3.63, 3.8) is 0 Å². The molecule has 1 aromatic carbocycles. The first-order valence-electron chi connectivity index (χ1n) is 8.81. The number of anilines is 1. The summed E-state index contributed by atoms with van der Waals surface area (Å²) in [6.45, 7) is 7.80. The Hall–Kier alpha value is -2.25. The van der Waals surface area contributed by atoms with Crippen LogP contribution in [0.15, 0.2) is 18.2 Å². The van der Waals surface area contributed by atoms with E-state index in [1.54, 1.807) is 0 Å². The van der Waals surface area contributed by atoms with Gasteiger partial charge in [0.2, 0.25) is 0 Å². The van der Waals surface area contributed by atoms with Crippen molar-refractivity contribution in [2.75, 3.05) is 11.9 Å². The summed E-state index contributed by atoms with van der Waals surface area (Å²) < 4.78 is 6.19. The van der Waals surface area contributed by atoms with Gasteiger partial charge in [0.15, 0.2) is 11.7 Å². The van der Waals surface area contributed by atoms with Crippen molar-refractivity contribution in [1.29, 1.82) is 0 Å². The lowest BCUT2D eigenvalue weighted by molar-refractivity contribution is -0.119. The average molecular weight is 403 g/mol. The molecular formula is C20H22N2O3S2. The second-order valence-corrected chi connectivity index (χ2v) is 8.80. The minimum Gasteiger partial charge on any atom is -0.451 e. The minimum absolute atomic E-state index is 0.327. The van der Waals surface area contributed by atoms with Gasteiger partial charge in [-0.25, -0.2) is 9.78 Å². The van der Waals surface area contributed by atoms with Gasteiger partial charge < -0.3 is 4.74 Å². The fraction of sp³-hybridized carbons (Fsp3) is 0.350. The van der Waals surface area contributed by atoms with Crippen LogP contribution in [0.1, 0.15) is 44.6 Å². The Bertz CT molecular complexity index is 1000. The number of thiazole rings is 1. The van der Waals surface area contributed by atoms with Gasteiger partial charge in [-0.2, -0.15) is 0 Å². The molecule has 142 valence electrons. The van der Waals surface area contributed by atoms with Crippen LogP contribution in [0.2, 0.25) is 0 Å². The highest BCUT2D eigenvalue weighted by Crippen LogP contribution is 2.29. The summed E-state index contributed by atoms with van der Waals surface area (Å²) in [7, 11) is 0. The molecule has 1 amide bonds. The van der Waals surface area contributed by atoms with Crippen LogP contribution >= 0.6 is 22.7 Å².